The van der Waals surface area contributed by atoms with Crippen molar-refractivity contribution in [3.63, 3.8) is 0 Å². The summed E-state index contributed by atoms with van der Waals surface area (Å²) in [5.74, 6) is 0.888. The lowest BCUT2D eigenvalue weighted by atomic mass is 10.00. The molecule has 3 N–H and O–H groups in total. The van der Waals surface area contributed by atoms with Gasteiger partial charge in [-0.1, -0.05) is 306 Å². The van der Waals surface area contributed by atoms with E-state index < -0.39 is 97.5 Å². The Kier molecular flexibility index (Phi) is 60.3. The summed E-state index contributed by atoms with van der Waals surface area (Å²) in [5.41, 5.74) is 0. The van der Waals surface area contributed by atoms with Crippen LogP contribution in [0.15, 0.2) is 0 Å². The minimum atomic E-state index is -4.95. The molecule has 0 spiro atoms. The van der Waals surface area contributed by atoms with E-state index in [4.69, 9.17) is 37.0 Å². The van der Waals surface area contributed by atoms with Crippen LogP contribution in [0.1, 0.15) is 357 Å². The molecule has 0 fully saturated rings. The third-order valence-electron chi connectivity index (χ3n) is 16.9. The topological polar surface area (TPSA) is 237 Å². The maximum absolute atomic E-state index is 13.0. The lowest BCUT2D eigenvalue weighted by Crippen LogP contribution is -2.30. The summed E-state index contributed by atoms with van der Waals surface area (Å²) in [4.78, 5) is 72.6. The molecule has 91 heavy (non-hydrogen) atoms. The number of carbonyl (C=O) groups excluding carboxylic acids is 4. The number of carbonyl (C=O) groups is 4. The first-order chi connectivity index (χ1) is 43.6. The van der Waals surface area contributed by atoms with Crippen LogP contribution < -0.4 is 0 Å². The number of aliphatic hydroxyl groups is 1. The van der Waals surface area contributed by atoms with Crippen LogP contribution in [-0.2, 0) is 65.4 Å². The molecular weight excluding hydrogens is 1200 g/mol. The molecule has 0 bridgehead atoms. The normalized spacial score (nSPS) is 14.5. The molecule has 0 aromatic heterocycles. The van der Waals surface area contributed by atoms with Crippen LogP contribution in [0.2, 0.25) is 0 Å². The van der Waals surface area contributed by atoms with E-state index in [1.165, 1.54) is 154 Å². The van der Waals surface area contributed by atoms with Crippen molar-refractivity contribution in [3.05, 3.63) is 0 Å². The van der Waals surface area contributed by atoms with E-state index in [-0.39, 0.29) is 25.7 Å². The predicted octanol–water partition coefficient (Wildman–Crippen LogP) is 20.5. The maximum Gasteiger partial charge on any atom is 0.472 e. The smallest absolute Gasteiger partial charge is 0.462 e. The average molecular weight is 1340 g/mol. The fourth-order valence-corrected chi connectivity index (χ4v) is 12.4. The maximum atomic E-state index is 13.0. The van der Waals surface area contributed by atoms with Gasteiger partial charge in [-0.2, -0.15) is 0 Å². The van der Waals surface area contributed by atoms with E-state index in [0.29, 0.717) is 25.7 Å². The molecule has 540 valence electrons. The predicted molar refractivity (Wildman–Crippen MR) is 367 cm³/mol. The van der Waals surface area contributed by atoms with Crippen LogP contribution in [0.4, 0.5) is 0 Å². The molecule has 0 radical (unpaired) electrons. The SMILES string of the molecule is CCC(C)CCCCCCCCC(=O)OC[C@H](COP(=O)(O)OC[C@H](O)COP(=O)(O)OC[C@@H](COC(=O)CCCCCCCCCCCCCC(C)C)OC(=O)CCCCCCCCCCCCCCC(C)C)OC(=O)CCCCCCCCCCCC(C)C. The van der Waals surface area contributed by atoms with E-state index in [0.717, 1.165) is 120 Å². The molecule has 0 aromatic rings. The second-order valence-electron chi connectivity index (χ2n) is 27.6. The quantitative estimate of drug-likeness (QED) is 0.0222. The van der Waals surface area contributed by atoms with Crippen molar-refractivity contribution in [2.24, 2.45) is 23.7 Å². The van der Waals surface area contributed by atoms with Gasteiger partial charge in [0, 0.05) is 25.7 Å². The van der Waals surface area contributed by atoms with Crippen molar-refractivity contribution >= 4 is 39.5 Å². The zero-order chi connectivity index (χ0) is 67.5. The molecule has 19 heteroatoms. The van der Waals surface area contributed by atoms with E-state index in [2.05, 4.69) is 55.4 Å². The highest BCUT2D eigenvalue weighted by molar-refractivity contribution is 7.47. The second kappa shape index (κ2) is 61.6. The van der Waals surface area contributed by atoms with Crippen molar-refractivity contribution in [2.45, 2.75) is 375 Å². The summed E-state index contributed by atoms with van der Waals surface area (Å²) in [6, 6.07) is 0. The molecule has 0 saturated heterocycles. The van der Waals surface area contributed by atoms with E-state index in [1.807, 2.05) is 0 Å². The molecule has 0 aromatic carbocycles. The molecule has 3 unspecified atom stereocenters. The average Bonchev–Trinajstić information content (AvgIpc) is 3.65. The number of ether oxygens (including phenoxy) is 4. The van der Waals surface area contributed by atoms with Gasteiger partial charge in [-0.15, -0.1) is 0 Å². The van der Waals surface area contributed by atoms with Crippen LogP contribution >= 0.6 is 15.6 Å². The standard InChI is InChI=1S/C72H140O17P2/c1-9-65(8)51-43-35-30-31-37-45-53-70(75)83-59-68(89-72(77)55-47-39-29-23-17-20-26-34-42-50-64(6)7)61-87-91(80,81)85-57-66(73)56-84-90(78,79)86-60-67(58-82-69(74)52-44-36-27-21-16-12-14-19-25-33-41-49-63(4)5)88-71(76)54-46-38-28-22-15-11-10-13-18-24-32-40-48-62(2)3/h62-68,73H,9-61H2,1-8H3,(H,78,79)(H,80,81)/t65?,66-,67-,68-/m1/s1. The van der Waals surface area contributed by atoms with E-state index >= 15 is 0 Å². The first kappa shape index (κ1) is 89.1. The van der Waals surface area contributed by atoms with Crippen molar-refractivity contribution in [2.75, 3.05) is 39.6 Å². The molecule has 0 rings (SSSR count). The van der Waals surface area contributed by atoms with Crippen LogP contribution in [0, 0.1) is 23.7 Å². The number of phosphoric ester groups is 2. The number of aliphatic hydroxyl groups excluding tert-OH is 1. The highest BCUT2D eigenvalue weighted by atomic mass is 31.2. The Hall–Kier alpha value is -1.94. The van der Waals surface area contributed by atoms with E-state index in [9.17, 15) is 43.2 Å². The van der Waals surface area contributed by atoms with Gasteiger partial charge in [0.1, 0.15) is 19.3 Å². The van der Waals surface area contributed by atoms with Crippen molar-refractivity contribution in [1.29, 1.82) is 0 Å². The summed E-state index contributed by atoms with van der Waals surface area (Å²) in [6.07, 6.45) is 44.4. The molecule has 6 atom stereocenters. The van der Waals surface area contributed by atoms with Gasteiger partial charge < -0.3 is 33.8 Å². The first-order valence-electron chi connectivity index (χ1n) is 37.2. The highest BCUT2D eigenvalue weighted by Crippen LogP contribution is 2.45. The van der Waals surface area contributed by atoms with E-state index in [1.54, 1.807) is 0 Å². The Labute approximate surface area is 556 Å². The molecule has 0 aliphatic rings. The number of hydrogen-bond donors (Lipinski definition) is 3. The van der Waals surface area contributed by atoms with Gasteiger partial charge in [0.05, 0.1) is 26.4 Å². The summed E-state index contributed by atoms with van der Waals surface area (Å²) in [6.45, 7) is 14.1. The van der Waals surface area contributed by atoms with Crippen LogP contribution in [0.25, 0.3) is 0 Å². The number of rotatable bonds is 69. The molecule has 17 nitrogen and oxygen atoms in total. The second-order valence-corrected chi connectivity index (χ2v) is 30.6. The number of esters is 4. The summed E-state index contributed by atoms with van der Waals surface area (Å²) in [7, 11) is -9.91. The van der Waals surface area contributed by atoms with Gasteiger partial charge >= 0.3 is 39.5 Å². The Morgan fingerprint density at radius 2 is 0.527 bits per heavy atom. The van der Waals surface area contributed by atoms with Crippen molar-refractivity contribution in [3.8, 4) is 0 Å². The largest absolute Gasteiger partial charge is 0.472 e. The number of phosphoric acid groups is 2. The minimum absolute atomic E-state index is 0.104. The zero-order valence-electron chi connectivity index (χ0n) is 59.5. The first-order valence-corrected chi connectivity index (χ1v) is 40.2. The van der Waals surface area contributed by atoms with Gasteiger partial charge in [0.15, 0.2) is 12.2 Å². The molecule has 0 amide bonds. The Balaban J connectivity index is 5.27. The van der Waals surface area contributed by atoms with Crippen molar-refractivity contribution in [1.82, 2.24) is 0 Å². The highest BCUT2D eigenvalue weighted by Gasteiger charge is 2.30. The monoisotopic (exact) mass is 1340 g/mol. The van der Waals surface area contributed by atoms with Crippen molar-refractivity contribution < 1.29 is 80.2 Å². The molecule has 0 aliphatic heterocycles. The lowest BCUT2D eigenvalue weighted by molar-refractivity contribution is -0.161. The fraction of sp³-hybridized carbons (Fsp3) is 0.944. The Bertz CT molecular complexity index is 1800. The molecule has 0 saturated carbocycles. The minimum Gasteiger partial charge on any atom is -0.462 e. The molecule has 0 heterocycles. The fourth-order valence-electron chi connectivity index (χ4n) is 10.8. The van der Waals surface area contributed by atoms with Crippen LogP contribution in [0.3, 0.4) is 0 Å². The summed E-state index contributed by atoms with van der Waals surface area (Å²) >= 11 is 0. The molecular formula is C72H140O17P2. The van der Waals surface area contributed by atoms with Gasteiger partial charge in [0.2, 0.25) is 0 Å². The van der Waals surface area contributed by atoms with Gasteiger partial charge in [0.25, 0.3) is 0 Å². The van der Waals surface area contributed by atoms with Gasteiger partial charge in [-0.05, 0) is 49.4 Å². The number of unbranched alkanes of at least 4 members (excludes halogenated alkanes) is 34. The lowest BCUT2D eigenvalue weighted by Gasteiger charge is -2.21. The summed E-state index contributed by atoms with van der Waals surface area (Å²) < 4.78 is 68.4. The molecule has 0 aliphatic carbocycles. The zero-order valence-corrected chi connectivity index (χ0v) is 61.3. The van der Waals surface area contributed by atoms with Crippen LogP contribution in [0.5, 0.6) is 0 Å². The number of hydrogen-bond acceptors (Lipinski definition) is 15. The third-order valence-corrected chi connectivity index (χ3v) is 18.8. The Morgan fingerprint density at radius 3 is 0.780 bits per heavy atom. The summed E-state index contributed by atoms with van der Waals surface area (Å²) in [5, 5.41) is 10.6. The Morgan fingerprint density at radius 1 is 0.308 bits per heavy atom. The van der Waals surface area contributed by atoms with Gasteiger partial charge in [-0.3, -0.25) is 37.3 Å². The third kappa shape index (κ3) is 65.1. The van der Waals surface area contributed by atoms with Crippen LogP contribution in [-0.4, -0.2) is 96.7 Å². The van der Waals surface area contributed by atoms with Gasteiger partial charge in [-0.25, -0.2) is 9.13 Å².